The Kier molecular flexibility index (Phi) is 3.95. The number of halogens is 1. The Morgan fingerprint density at radius 3 is 2.85 bits per heavy atom. The van der Waals surface area contributed by atoms with Crippen LogP contribution in [0.4, 0.5) is 0 Å². The third kappa shape index (κ3) is 2.67. The molecule has 3 heteroatoms. The molecule has 2 unspecified atom stereocenters. The number of hydrogen-bond donors (Lipinski definition) is 1. The summed E-state index contributed by atoms with van der Waals surface area (Å²) in [6.07, 6.45) is 0.971. The molecule has 0 aliphatic carbocycles. The quantitative estimate of drug-likeness (QED) is 0.896. The molecule has 0 aromatic heterocycles. The van der Waals surface area contributed by atoms with Crippen molar-refractivity contribution in [3.63, 3.8) is 0 Å². The van der Waals surface area contributed by atoms with E-state index < -0.39 is 0 Å². The topological polar surface area (TPSA) is 21.3 Å². The van der Waals surface area contributed by atoms with Crippen LogP contribution < -0.4 is 10.1 Å². The van der Waals surface area contributed by atoms with E-state index >= 15 is 0 Å². The summed E-state index contributed by atoms with van der Waals surface area (Å²) in [5.74, 6) is 0.967. The molecule has 1 aliphatic rings. The van der Waals surface area contributed by atoms with Crippen LogP contribution in [0.1, 0.15) is 36.6 Å². The van der Waals surface area contributed by atoms with Crippen LogP contribution in [-0.2, 0) is 0 Å². The maximum Gasteiger partial charge on any atom is 0.126 e. The molecule has 0 saturated carbocycles. The minimum absolute atomic E-state index is 0.0487. The molecular weight excluding hydrogens is 270 g/mol. The standard InChI is InChI=1S/C17H18ClNO/c1-2-19-15-11-17(12-6-5-7-13(18)10-12)20-16-9-4-3-8-14(15)16/h3-10,15,17,19H,2,11H2,1H3. The van der Waals surface area contributed by atoms with Gasteiger partial charge in [-0.1, -0.05) is 48.9 Å². The van der Waals surface area contributed by atoms with Gasteiger partial charge in [-0.25, -0.2) is 0 Å². The highest BCUT2D eigenvalue weighted by Crippen LogP contribution is 2.40. The number of rotatable bonds is 3. The number of para-hydroxylation sites is 1. The van der Waals surface area contributed by atoms with Crippen LogP contribution in [0, 0.1) is 0 Å². The van der Waals surface area contributed by atoms with E-state index in [0.29, 0.717) is 6.04 Å². The lowest BCUT2D eigenvalue weighted by molar-refractivity contribution is 0.152. The van der Waals surface area contributed by atoms with Gasteiger partial charge in [0.1, 0.15) is 11.9 Å². The van der Waals surface area contributed by atoms with Crippen LogP contribution >= 0.6 is 11.6 Å². The largest absolute Gasteiger partial charge is 0.485 e. The van der Waals surface area contributed by atoms with Crippen molar-refractivity contribution < 1.29 is 4.74 Å². The molecule has 0 fully saturated rings. The first-order valence-electron chi connectivity index (χ1n) is 7.02. The first-order chi connectivity index (χ1) is 9.78. The Hall–Kier alpha value is -1.51. The molecule has 1 aliphatic heterocycles. The van der Waals surface area contributed by atoms with E-state index in [1.54, 1.807) is 0 Å². The SMILES string of the molecule is CCNC1CC(c2cccc(Cl)c2)Oc2ccccc21. The number of hydrogen-bond acceptors (Lipinski definition) is 2. The molecule has 2 nitrogen and oxygen atoms in total. The molecule has 1 N–H and O–H groups in total. The van der Waals surface area contributed by atoms with Gasteiger partial charge < -0.3 is 10.1 Å². The molecular formula is C17H18ClNO. The van der Waals surface area contributed by atoms with Crippen molar-refractivity contribution in [1.29, 1.82) is 0 Å². The predicted octanol–water partition coefficient (Wildman–Crippen LogP) is 4.51. The number of fused-ring (bicyclic) bond motifs is 1. The number of nitrogens with one attached hydrogen (secondary N) is 1. The smallest absolute Gasteiger partial charge is 0.126 e. The zero-order chi connectivity index (χ0) is 13.9. The minimum Gasteiger partial charge on any atom is -0.485 e. The van der Waals surface area contributed by atoms with Crippen LogP contribution in [0.15, 0.2) is 48.5 Å². The maximum atomic E-state index is 6.15. The lowest BCUT2D eigenvalue weighted by atomic mass is 9.93. The summed E-state index contributed by atoms with van der Waals surface area (Å²) in [6.45, 7) is 3.08. The van der Waals surface area contributed by atoms with Crippen LogP contribution in [0.3, 0.4) is 0 Å². The summed E-state index contributed by atoms with van der Waals surface area (Å²) in [5.41, 5.74) is 2.38. The second-order valence-electron chi connectivity index (χ2n) is 5.05. The second-order valence-corrected chi connectivity index (χ2v) is 5.48. The summed E-state index contributed by atoms with van der Waals surface area (Å²) in [5, 5.41) is 4.30. The van der Waals surface area contributed by atoms with E-state index in [4.69, 9.17) is 16.3 Å². The minimum atomic E-state index is 0.0487. The molecule has 1 heterocycles. The van der Waals surface area contributed by atoms with Crippen LogP contribution in [-0.4, -0.2) is 6.54 Å². The normalized spacial score (nSPS) is 21.1. The fourth-order valence-electron chi connectivity index (χ4n) is 2.77. The lowest BCUT2D eigenvalue weighted by Gasteiger charge is -2.33. The molecule has 2 aromatic rings. The average Bonchev–Trinajstić information content (AvgIpc) is 2.47. The van der Waals surface area contributed by atoms with E-state index in [2.05, 4.69) is 30.4 Å². The van der Waals surface area contributed by atoms with E-state index in [9.17, 15) is 0 Å². The van der Waals surface area contributed by atoms with Gasteiger partial charge >= 0.3 is 0 Å². The van der Waals surface area contributed by atoms with Gasteiger partial charge in [0.05, 0.1) is 0 Å². The van der Waals surface area contributed by atoms with Gasteiger partial charge in [-0.3, -0.25) is 0 Å². The molecule has 3 rings (SSSR count). The Balaban J connectivity index is 1.93. The van der Waals surface area contributed by atoms with Gasteiger partial charge in [0.2, 0.25) is 0 Å². The Morgan fingerprint density at radius 2 is 2.05 bits per heavy atom. The van der Waals surface area contributed by atoms with Gasteiger partial charge in [0, 0.05) is 23.0 Å². The van der Waals surface area contributed by atoms with Crippen LogP contribution in [0.2, 0.25) is 5.02 Å². The van der Waals surface area contributed by atoms with Crippen molar-refractivity contribution in [2.45, 2.75) is 25.5 Å². The molecule has 2 atom stereocenters. The van der Waals surface area contributed by atoms with Crippen molar-refractivity contribution in [3.8, 4) is 5.75 Å². The third-order valence-corrected chi connectivity index (χ3v) is 3.92. The fraction of sp³-hybridized carbons (Fsp3) is 0.294. The highest BCUT2D eigenvalue weighted by atomic mass is 35.5. The van der Waals surface area contributed by atoms with Crippen molar-refractivity contribution >= 4 is 11.6 Å². The summed E-state index contributed by atoms with van der Waals surface area (Å²) < 4.78 is 6.15. The molecule has 2 aromatic carbocycles. The number of benzene rings is 2. The molecule has 0 amide bonds. The predicted molar refractivity (Wildman–Crippen MR) is 82.3 cm³/mol. The maximum absolute atomic E-state index is 6.15. The van der Waals surface area contributed by atoms with Crippen molar-refractivity contribution in [2.24, 2.45) is 0 Å². The molecule has 0 saturated heterocycles. The molecule has 0 radical (unpaired) electrons. The van der Waals surface area contributed by atoms with Crippen LogP contribution in [0.5, 0.6) is 5.75 Å². The molecule has 104 valence electrons. The Morgan fingerprint density at radius 1 is 1.20 bits per heavy atom. The summed E-state index contributed by atoms with van der Waals surface area (Å²) in [6, 6.07) is 16.5. The highest BCUT2D eigenvalue weighted by molar-refractivity contribution is 6.30. The van der Waals surface area contributed by atoms with E-state index in [1.165, 1.54) is 5.56 Å². The first-order valence-corrected chi connectivity index (χ1v) is 7.40. The monoisotopic (exact) mass is 287 g/mol. The van der Waals surface area contributed by atoms with E-state index in [0.717, 1.165) is 29.3 Å². The Bertz CT molecular complexity index is 599. The van der Waals surface area contributed by atoms with E-state index in [-0.39, 0.29) is 6.10 Å². The zero-order valence-electron chi connectivity index (χ0n) is 11.5. The molecule has 0 bridgehead atoms. The third-order valence-electron chi connectivity index (χ3n) is 3.68. The van der Waals surface area contributed by atoms with Gasteiger partial charge in [-0.2, -0.15) is 0 Å². The summed E-state index contributed by atoms with van der Waals surface area (Å²) in [4.78, 5) is 0. The highest BCUT2D eigenvalue weighted by Gasteiger charge is 2.28. The summed E-state index contributed by atoms with van der Waals surface area (Å²) in [7, 11) is 0. The first kappa shape index (κ1) is 13.5. The lowest BCUT2D eigenvalue weighted by Crippen LogP contribution is -2.28. The van der Waals surface area contributed by atoms with Crippen molar-refractivity contribution in [1.82, 2.24) is 5.32 Å². The number of ether oxygens (including phenoxy) is 1. The average molecular weight is 288 g/mol. The van der Waals surface area contributed by atoms with E-state index in [1.807, 2.05) is 30.3 Å². The molecule has 20 heavy (non-hydrogen) atoms. The Labute approximate surface area is 124 Å². The zero-order valence-corrected chi connectivity index (χ0v) is 12.2. The summed E-state index contributed by atoms with van der Waals surface area (Å²) >= 11 is 6.09. The van der Waals surface area contributed by atoms with Crippen molar-refractivity contribution in [2.75, 3.05) is 6.54 Å². The fourth-order valence-corrected chi connectivity index (χ4v) is 2.97. The second kappa shape index (κ2) is 5.86. The molecule has 0 spiro atoms. The van der Waals surface area contributed by atoms with Crippen LogP contribution in [0.25, 0.3) is 0 Å². The van der Waals surface area contributed by atoms with Gasteiger partial charge in [0.15, 0.2) is 0 Å². The van der Waals surface area contributed by atoms with Gasteiger partial charge in [-0.15, -0.1) is 0 Å². The van der Waals surface area contributed by atoms with Crippen molar-refractivity contribution in [3.05, 3.63) is 64.7 Å². The van der Waals surface area contributed by atoms with Gasteiger partial charge in [0.25, 0.3) is 0 Å². The van der Waals surface area contributed by atoms with Gasteiger partial charge in [-0.05, 0) is 30.3 Å².